The van der Waals surface area contributed by atoms with Crippen molar-refractivity contribution in [2.75, 3.05) is 55.3 Å². The molecule has 3 N–H and O–H groups in total. The lowest BCUT2D eigenvalue weighted by Crippen LogP contribution is -2.44. The first-order chi connectivity index (χ1) is 18.0. The third-order valence-corrected chi connectivity index (χ3v) is 6.45. The normalized spacial score (nSPS) is 15.5. The highest BCUT2D eigenvalue weighted by Crippen LogP contribution is 2.19. The van der Waals surface area contributed by atoms with Crippen LogP contribution in [-0.2, 0) is 0 Å². The van der Waals surface area contributed by atoms with E-state index in [4.69, 9.17) is 0 Å². The van der Waals surface area contributed by atoms with Crippen LogP contribution < -0.4 is 20.9 Å². The van der Waals surface area contributed by atoms with Crippen molar-refractivity contribution in [3.05, 3.63) is 102 Å². The number of aliphatic imine (C=N–C) groups is 1. The first kappa shape index (κ1) is 24.3. The number of rotatable bonds is 6. The number of likely N-dealkylation sites (N-methyl/N-ethyl adjacent to an activating group) is 1. The number of hydrogen-bond donors (Lipinski definition) is 3. The number of nitrogens with zero attached hydrogens (tertiary/aromatic N) is 3. The standard InChI is InChI=1S/C29H30N6O2/c1-34-14-16-35(17-15-34)26-12-10-21(11-13-26)28(36)31-25-19-27(30-20-25)22-6-5-9-24(18-22)33-29(37)32-23-7-3-2-4-8-23/h2-13,18-19H,14-17,20H2,1H3,(H,31,36)(H2,32,33,37). The van der Waals surface area contributed by atoms with Gasteiger partial charge in [0.15, 0.2) is 0 Å². The number of benzene rings is 3. The van der Waals surface area contributed by atoms with Crippen molar-refractivity contribution < 1.29 is 9.59 Å². The smallest absolute Gasteiger partial charge is 0.323 e. The summed E-state index contributed by atoms with van der Waals surface area (Å²) in [5.74, 6) is -0.152. The predicted octanol–water partition coefficient (Wildman–Crippen LogP) is 4.20. The first-order valence-electron chi connectivity index (χ1n) is 12.4. The van der Waals surface area contributed by atoms with Crippen molar-refractivity contribution >= 4 is 34.7 Å². The van der Waals surface area contributed by atoms with Gasteiger partial charge in [0.1, 0.15) is 0 Å². The van der Waals surface area contributed by atoms with Gasteiger partial charge in [-0.25, -0.2) is 4.79 Å². The fourth-order valence-corrected chi connectivity index (χ4v) is 4.35. The summed E-state index contributed by atoms with van der Waals surface area (Å²) in [5, 5.41) is 8.63. The molecule has 0 aliphatic carbocycles. The molecule has 0 unspecified atom stereocenters. The zero-order valence-electron chi connectivity index (χ0n) is 20.8. The van der Waals surface area contributed by atoms with E-state index < -0.39 is 0 Å². The van der Waals surface area contributed by atoms with Gasteiger partial charge in [-0.15, -0.1) is 0 Å². The molecule has 188 valence electrons. The number of carbonyl (C=O) groups excluding carboxylic acids is 2. The first-order valence-corrected chi connectivity index (χ1v) is 12.4. The largest absolute Gasteiger partial charge is 0.369 e. The molecule has 0 aromatic heterocycles. The summed E-state index contributed by atoms with van der Waals surface area (Å²) in [6.07, 6.45) is 1.87. The van der Waals surface area contributed by atoms with E-state index in [1.165, 1.54) is 0 Å². The van der Waals surface area contributed by atoms with E-state index in [9.17, 15) is 9.59 Å². The van der Waals surface area contributed by atoms with E-state index >= 15 is 0 Å². The van der Waals surface area contributed by atoms with Crippen LogP contribution in [0.25, 0.3) is 0 Å². The van der Waals surface area contributed by atoms with E-state index in [0.717, 1.165) is 48.8 Å². The Hall–Kier alpha value is -4.43. The SMILES string of the molecule is CN1CCN(c2ccc(C(=O)NC3=CC(c4cccc(NC(=O)Nc5ccccc5)c4)=NC3)cc2)CC1. The van der Waals surface area contributed by atoms with Crippen LogP contribution in [-0.4, -0.2) is 62.3 Å². The van der Waals surface area contributed by atoms with Gasteiger partial charge in [-0.2, -0.15) is 0 Å². The van der Waals surface area contributed by atoms with Crippen molar-refractivity contribution in [1.29, 1.82) is 0 Å². The fraction of sp³-hybridized carbons (Fsp3) is 0.207. The molecule has 0 bridgehead atoms. The van der Waals surface area contributed by atoms with Crippen LogP contribution in [0, 0.1) is 0 Å². The number of anilines is 3. The monoisotopic (exact) mass is 494 g/mol. The van der Waals surface area contributed by atoms with E-state index in [1.54, 1.807) is 0 Å². The lowest BCUT2D eigenvalue weighted by molar-refractivity contribution is 0.0965. The number of nitrogens with one attached hydrogen (secondary N) is 3. The minimum Gasteiger partial charge on any atom is -0.369 e. The summed E-state index contributed by atoms with van der Waals surface area (Å²) in [6, 6.07) is 24.2. The number of hydrogen-bond acceptors (Lipinski definition) is 5. The average Bonchev–Trinajstić information content (AvgIpc) is 3.38. The second-order valence-electron chi connectivity index (χ2n) is 9.19. The van der Waals surface area contributed by atoms with Gasteiger partial charge < -0.3 is 25.8 Å². The molecule has 2 aliphatic heterocycles. The summed E-state index contributed by atoms with van der Waals surface area (Å²) < 4.78 is 0. The molecule has 8 nitrogen and oxygen atoms in total. The maximum atomic E-state index is 12.8. The molecule has 1 saturated heterocycles. The van der Waals surface area contributed by atoms with Gasteiger partial charge in [0.2, 0.25) is 0 Å². The minimum atomic E-state index is -0.321. The topological polar surface area (TPSA) is 89.1 Å². The van der Waals surface area contributed by atoms with Crippen LogP contribution in [0.2, 0.25) is 0 Å². The molecule has 0 saturated carbocycles. The number of piperazine rings is 1. The fourth-order valence-electron chi connectivity index (χ4n) is 4.35. The molecule has 37 heavy (non-hydrogen) atoms. The van der Waals surface area contributed by atoms with Gasteiger partial charge in [-0.3, -0.25) is 9.79 Å². The summed E-state index contributed by atoms with van der Waals surface area (Å²) in [4.78, 5) is 34.4. The molecule has 0 atom stereocenters. The number of amides is 3. The van der Waals surface area contributed by atoms with Gasteiger partial charge >= 0.3 is 6.03 Å². The van der Waals surface area contributed by atoms with Crippen molar-refractivity contribution in [2.45, 2.75) is 0 Å². The maximum Gasteiger partial charge on any atom is 0.323 e. The highest BCUT2D eigenvalue weighted by molar-refractivity contribution is 6.12. The highest BCUT2D eigenvalue weighted by Gasteiger charge is 2.17. The van der Waals surface area contributed by atoms with E-state index in [2.05, 4.69) is 37.8 Å². The lowest BCUT2D eigenvalue weighted by Gasteiger charge is -2.34. The minimum absolute atomic E-state index is 0.152. The second-order valence-corrected chi connectivity index (χ2v) is 9.19. The van der Waals surface area contributed by atoms with Crippen LogP contribution in [0.15, 0.2) is 95.6 Å². The number of para-hydroxylation sites is 1. The van der Waals surface area contributed by atoms with Crippen molar-refractivity contribution in [3.8, 4) is 0 Å². The second kappa shape index (κ2) is 11.1. The maximum absolute atomic E-state index is 12.8. The van der Waals surface area contributed by atoms with Gasteiger partial charge in [0, 0.05) is 60.1 Å². The zero-order chi connectivity index (χ0) is 25.6. The van der Waals surface area contributed by atoms with Gasteiger partial charge in [-0.1, -0.05) is 30.3 Å². The lowest BCUT2D eigenvalue weighted by atomic mass is 10.1. The van der Waals surface area contributed by atoms with Crippen LogP contribution in [0.5, 0.6) is 0 Å². The van der Waals surface area contributed by atoms with Gasteiger partial charge in [0.25, 0.3) is 5.91 Å². The summed E-state index contributed by atoms with van der Waals surface area (Å²) in [6.45, 7) is 4.46. The molecular weight excluding hydrogens is 464 g/mol. The summed E-state index contributed by atoms with van der Waals surface area (Å²) >= 11 is 0. The Morgan fingerprint density at radius 1 is 0.784 bits per heavy atom. The molecule has 3 amide bonds. The quantitative estimate of drug-likeness (QED) is 0.479. The Bertz CT molecular complexity index is 1330. The third-order valence-electron chi connectivity index (χ3n) is 6.45. The summed E-state index contributed by atoms with van der Waals surface area (Å²) in [7, 11) is 2.14. The molecule has 0 radical (unpaired) electrons. The van der Waals surface area contributed by atoms with Crippen LogP contribution in [0.4, 0.5) is 21.9 Å². The third kappa shape index (κ3) is 6.23. The Labute approximate surface area is 216 Å². The Morgan fingerprint density at radius 2 is 1.49 bits per heavy atom. The Morgan fingerprint density at radius 3 is 2.24 bits per heavy atom. The highest BCUT2D eigenvalue weighted by atomic mass is 16.2. The van der Waals surface area contributed by atoms with Crippen LogP contribution in [0.1, 0.15) is 15.9 Å². The Balaban J connectivity index is 1.17. The van der Waals surface area contributed by atoms with E-state index in [-0.39, 0.29) is 11.9 Å². The molecular formula is C29H30N6O2. The zero-order valence-corrected chi connectivity index (χ0v) is 20.8. The van der Waals surface area contributed by atoms with Crippen molar-refractivity contribution in [2.24, 2.45) is 4.99 Å². The number of urea groups is 1. The van der Waals surface area contributed by atoms with E-state index in [0.29, 0.717) is 23.5 Å². The number of allylic oxidation sites excluding steroid dienone is 1. The predicted molar refractivity (Wildman–Crippen MR) is 149 cm³/mol. The summed E-state index contributed by atoms with van der Waals surface area (Å²) in [5.41, 5.74) is 5.48. The molecule has 3 aromatic carbocycles. The molecule has 0 spiro atoms. The van der Waals surface area contributed by atoms with Crippen LogP contribution >= 0.6 is 0 Å². The van der Waals surface area contributed by atoms with Crippen LogP contribution in [0.3, 0.4) is 0 Å². The van der Waals surface area contributed by atoms with Gasteiger partial charge in [0.05, 0.1) is 12.3 Å². The number of carbonyl (C=O) groups is 2. The van der Waals surface area contributed by atoms with Gasteiger partial charge in [-0.05, 0) is 61.7 Å². The molecule has 2 heterocycles. The van der Waals surface area contributed by atoms with Crippen molar-refractivity contribution in [1.82, 2.24) is 10.2 Å². The molecule has 5 rings (SSSR count). The molecule has 2 aliphatic rings. The Kier molecular flexibility index (Phi) is 7.28. The molecule has 1 fully saturated rings. The van der Waals surface area contributed by atoms with E-state index in [1.807, 2.05) is 84.9 Å². The molecule has 8 heteroatoms. The average molecular weight is 495 g/mol. The van der Waals surface area contributed by atoms with Crippen molar-refractivity contribution in [3.63, 3.8) is 0 Å². The molecule has 3 aromatic rings.